The van der Waals surface area contributed by atoms with E-state index in [1.165, 1.54) is 38.5 Å². The van der Waals surface area contributed by atoms with Crippen LogP contribution in [0.3, 0.4) is 0 Å². The Balaban J connectivity index is 2.51. The van der Waals surface area contributed by atoms with Crippen LogP contribution >= 0.6 is 0 Å². The minimum absolute atomic E-state index is 0.0303. The lowest BCUT2D eigenvalue weighted by Gasteiger charge is -2.41. The second-order valence-corrected chi connectivity index (χ2v) is 13.5. The minimum atomic E-state index is -5.05. The molecule has 1 saturated heterocycles. The van der Waals surface area contributed by atoms with Gasteiger partial charge in [-0.15, -0.1) is 0 Å². The Morgan fingerprint density at radius 2 is 1.42 bits per heavy atom. The van der Waals surface area contributed by atoms with Crippen LogP contribution in [-0.4, -0.2) is 97.5 Å². The number of allylic oxidation sites excluding steroid dienone is 4. The number of rotatable bonds is 30. The second kappa shape index (κ2) is 28.3. The summed E-state index contributed by atoms with van der Waals surface area (Å²) in [7, 11) is -5.05. The van der Waals surface area contributed by atoms with Gasteiger partial charge < -0.3 is 34.3 Å². The van der Waals surface area contributed by atoms with Crippen molar-refractivity contribution in [3.8, 4) is 0 Å². The zero-order chi connectivity index (χ0) is 35.5. The van der Waals surface area contributed by atoms with Gasteiger partial charge in [0.05, 0.1) is 19.8 Å². The van der Waals surface area contributed by atoms with Crippen LogP contribution in [0.25, 0.3) is 0 Å². The SMILES string of the molecule is CCC/C=C\C/C=C\CCCCCCCCOCC(COC1OC(CO)C(O)C(OS(=O)(=O)O)C1O)OC(=O)CCCCCCCCC. The normalized spacial score (nSPS) is 22.5. The fraction of sp³-hybridized carbons (Fsp3) is 0.857. The maximum absolute atomic E-state index is 12.6. The van der Waals surface area contributed by atoms with E-state index in [-0.39, 0.29) is 19.6 Å². The molecule has 48 heavy (non-hydrogen) atoms. The Hall–Kier alpha value is -1.42. The Morgan fingerprint density at radius 3 is 2.06 bits per heavy atom. The standard InChI is InChI=1S/C35H64O12S/c1-3-5-7-9-11-12-13-14-15-16-17-19-21-23-25-43-27-29(45-31(37)24-22-20-18-10-8-6-4-2)28-44-35-33(39)34(47-48(40,41)42)32(38)30(26-36)46-35/h7,9,12-13,29-30,32-36,38-39H,3-6,8,10-11,14-28H2,1-2H3,(H,40,41,42)/b9-7-,13-12-. The molecule has 1 heterocycles. The third-order valence-corrected chi connectivity index (χ3v) is 8.52. The predicted octanol–water partition coefficient (Wildman–Crippen LogP) is 5.73. The quantitative estimate of drug-likeness (QED) is 0.0309. The van der Waals surface area contributed by atoms with Gasteiger partial charge in [-0.3, -0.25) is 9.35 Å². The third-order valence-electron chi connectivity index (χ3n) is 8.06. The number of ether oxygens (including phenoxy) is 4. The van der Waals surface area contributed by atoms with Crippen LogP contribution in [0.15, 0.2) is 24.3 Å². The topological polar surface area (TPSA) is 178 Å². The van der Waals surface area contributed by atoms with Crippen molar-refractivity contribution in [1.29, 1.82) is 0 Å². The fourth-order valence-electron chi connectivity index (χ4n) is 5.30. The van der Waals surface area contributed by atoms with Gasteiger partial charge in [-0.25, -0.2) is 4.18 Å². The Kier molecular flexibility index (Phi) is 26.3. The van der Waals surface area contributed by atoms with Crippen LogP contribution in [0, 0.1) is 0 Å². The van der Waals surface area contributed by atoms with E-state index in [0.717, 1.165) is 64.2 Å². The molecule has 13 heteroatoms. The highest BCUT2D eigenvalue weighted by atomic mass is 32.3. The monoisotopic (exact) mass is 708 g/mol. The lowest BCUT2D eigenvalue weighted by molar-refractivity contribution is -0.301. The number of aliphatic hydroxyl groups excluding tert-OH is 3. The summed E-state index contributed by atoms with van der Waals surface area (Å²) in [4.78, 5) is 12.6. The fourth-order valence-corrected chi connectivity index (χ4v) is 5.80. The predicted molar refractivity (Wildman–Crippen MR) is 184 cm³/mol. The highest BCUT2D eigenvalue weighted by molar-refractivity contribution is 7.80. The molecule has 1 rings (SSSR count). The number of unbranched alkanes of at least 4 members (excludes halogenated alkanes) is 13. The van der Waals surface area contributed by atoms with Crippen LogP contribution in [0.1, 0.15) is 129 Å². The number of hydrogen-bond donors (Lipinski definition) is 4. The van der Waals surface area contributed by atoms with Crippen molar-refractivity contribution in [3.63, 3.8) is 0 Å². The summed E-state index contributed by atoms with van der Waals surface area (Å²) in [5, 5.41) is 30.4. The van der Waals surface area contributed by atoms with Crippen LogP contribution < -0.4 is 0 Å². The van der Waals surface area contributed by atoms with E-state index < -0.39 is 59.8 Å². The zero-order valence-electron chi connectivity index (χ0n) is 29.3. The average molecular weight is 709 g/mol. The number of carbonyl (C=O) groups is 1. The van der Waals surface area contributed by atoms with E-state index in [4.69, 9.17) is 23.5 Å². The molecule has 1 aliphatic heterocycles. The van der Waals surface area contributed by atoms with Gasteiger partial charge in [0.15, 0.2) is 6.29 Å². The minimum Gasteiger partial charge on any atom is -0.457 e. The number of esters is 1. The van der Waals surface area contributed by atoms with Gasteiger partial charge >= 0.3 is 16.4 Å². The number of carbonyl (C=O) groups excluding carboxylic acids is 1. The molecule has 0 saturated carbocycles. The highest BCUT2D eigenvalue weighted by Crippen LogP contribution is 2.26. The lowest BCUT2D eigenvalue weighted by atomic mass is 9.99. The highest BCUT2D eigenvalue weighted by Gasteiger charge is 2.48. The van der Waals surface area contributed by atoms with Gasteiger partial charge in [0.25, 0.3) is 0 Å². The van der Waals surface area contributed by atoms with Crippen molar-refractivity contribution in [2.45, 2.75) is 166 Å². The molecule has 1 fully saturated rings. The summed E-state index contributed by atoms with van der Waals surface area (Å²) in [6.07, 6.45) is 18.2. The Morgan fingerprint density at radius 1 is 0.792 bits per heavy atom. The van der Waals surface area contributed by atoms with Crippen molar-refractivity contribution in [1.82, 2.24) is 0 Å². The van der Waals surface area contributed by atoms with Gasteiger partial charge in [0.2, 0.25) is 0 Å². The van der Waals surface area contributed by atoms with E-state index in [2.05, 4.69) is 42.3 Å². The maximum Gasteiger partial charge on any atom is 0.397 e. The van der Waals surface area contributed by atoms with Crippen LogP contribution in [0.2, 0.25) is 0 Å². The molecule has 12 nitrogen and oxygen atoms in total. The van der Waals surface area contributed by atoms with Gasteiger partial charge in [-0.2, -0.15) is 8.42 Å². The van der Waals surface area contributed by atoms with Crippen molar-refractivity contribution >= 4 is 16.4 Å². The summed E-state index contributed by atoms with van der Waals surface area (Å²) in [6, 6.07) is 0. The van der Waals surface area contributed by atoms with Crippen LogP contribution in [0.4, 0.5) is 0 Å². The number of hydrogen-bond acceptors (Lipinski definition) is 11. The molecule has 1 aliphatic rings. The Bertz CT molecular complexity index is 957. The molecule has 6 atom stereocenters. The summed E-state index contributed by atoms with van der Waals surface area (Å²) >= 11 is 0. The van der Waals surface area contributed by atoms with E-state index in [9.17, 15) is 28.5 Å². The summed E-state index contributed by atoms with van der Waals surface area (Å²) in [5.74, 6) is -0.412. The van der Waals surface area contributed by atoms with Gasteiger partial charge in [-0.05, 0) is 38.5 Å². The first-order valence-electron chi connectivity index (χ1n) is 18.1. The molecule has 0 bridgehead atoms. The molecule has 0 aromatic heterocycles. The third kappa shape index (κ3) is 22.3. The molecule has 0 amide bonds. The molecule has 0 aliphatic carbocycles. The first-order valence-corrected chi connectivity index (χ1v) is 19.5. The van der Waals surface area contributed by atoms with E-state index in [1.54, 1.807) is 0 Å². The maximum atomic E-state index is 12.6. The molecule has 0 aromatic rings. The molecular weight excluding hydrogens is 644 g/mol. The summed E-state index contributed by atoms with van der Waals surface area (Å²) < 4.78 is 58.5. The molecule has 0 aromatic carbocycles. The van der Waals surface area contributed by atoms with Crippen LogP contribution in [-0.2, 0) is 38.3 Å². The first kappa shape index (κ1) is 44.6. The largest absolute Gasteiger partial charge is 0.457 e. The first-order chi connectivity index (χ1) is 23.1. The van der Waals surface area contributed by atoms with Gasteiger partial charge in [0, 0.05) is 13.0 Å². The van der Waals surface area contributed by atoms with E-state index >= 15 is 0 Å². The molecule has 282 valence electrons. The smallest absolute Gasteiger partial charge is 0.397 e. The van der Waals surface area contributed by atoms with Crippen molar-refractivity contribution < 1.29 is 56.2 Å². The van der Waals surface area contributed by atoms with Gasteiger partial charge in [-0.1, -0.05) is 109 Å². The zero-order valence-corrected chi connectivity index (χ0v) is 30.1. The molecule has 0 spiro atoms. The van der Waals surface area contributed by atoms with E-state index in [0.29, 0.717) is 13.0 Å². The molecule has 4 N–H and O–H groups in total. The van der Waals surface area contributed by atoms with Crippen molar-refractivity contribution in [2.24, 2.45) is 0 Å². The second-order valence-electron chi connectivity index (χ2n) is 12.5. The average Bonchev–Trinajstić information content (AvgIpc) is 3.05. The summed E-state index contributed by atoms with van der Waals surface area (Å²) in [6.45, 7) is 3.82. The lowest BCUT2D eigenvalue weighted by Crippen LogP contribution is -2.60. The van der Waals surface area contributed by atoms with Gasteiger partial charge in [0.1, 0.15) is 30.5 Å². The summed E-state index contributed by atoms with van der Waals surface area (Å²) in [5.41, 5.74) is 0. The molecule has 0 radical (unpaired) electrons. The number of aliphatic hydroxyl groups is 3. The van der Waals surface area contributed by atoms with Crippen molar-refractivity contribution in [2.75, 3.05) is 26.4 Å². The van der Waals surface area contributed by atoms with Crippen molar-refractivity contribution in [3.05, 3.63) is 24.3 Å². The molecular formula is C35H64O12S. The Labute approximate surface area is 289 Å². The van der Waals surface area contributed by atoms with E-state index in [1.807, 2.05) is 0 Å². The van der Waals surface area contributed by atoms with Crippen LogP contribution in [0.5, 0.6) is 0 Å². The molecule has 6 unspecified atom stereocenters.